The van der Waals surface area contributed by atoms with Crippen LogP contribution in [-0.2, 0) is 11.3 Å². The molecule has 1 atom stereocenters. The first-order valence-corrected chi connectivity index (χ1v) is 8.25. The summed E-state index contributed by atoms with van der Waals surface area (Å²) in [5.41, 5.74) is 1.58. The summed E-state index contributed by atoms with van der Waals surface area (Å²) in [6.07, 6.45) is 0. The van der Waals surface area contributed by atoms with Crippen LogP contribution < -0.4 is 10.1 Å². The van der Waals surface area contributed by atoms with E-state index in [1.165, 1.54) is 0 Å². The number of ether oxygens (including phenoxy) is 1. The third-order valence-corrected chi connectivity index (χ3v) is 4.36. The molecule has 2 aromatic carbocycles. The molecule has 0 bridgehead atoms. The molecule has 1 N–H and O–H groups in total. The molecule has 1 amide bonds. The minimum absolute atomic E-state index is 0.149. The highest BCUT2D eigenvalue weighted by molar-refractivity contribution is 6.35. The minimum Gasteiger partial charge on any atom is -0.497 e. The first-order valence-electron chi connectivity index (χ1n) is 7.50. The van der Waals surface area contributed by atoms with E-state index in [9.17, 15) is 4.79 Å². The topological polar surface area (TPSA) is 41.6 Å². The molecule has 2 rings (SSSR count). The van der Waals surface area contributed by atoms with Gasteiger partial charge in [0.25, 0.3) is 0 Å². The fourth-order valence-electron chi connectivity index (χ4n) is 2.23. The molecule has 0 radical (unpaired) electrons. The van der Waals surface area contributed by atoms with Crippen LogP contribution in [0.4, 0.5) is 5.69 Å². The van der Waals surface area contributed by atoms with Gasteiger partial charge in [-0.05, 0) is 49.9 Å². The van der Waals surface area contributed by atoms with Gasteiger partial charge in [-0.15, -0.1) is 0 Å². The molecule has 0 unspecified atom stereocenters. The van der Waals surface area contributed by atoms with Crippen LogP contribution in [0.25, 0.3) is 0 Å². The van der Waals surface area contributed by atoms with E-state index < -0.39 is 0 Å². The highest BCUT2D eigenvalue weighted by Crippen LogP contribution is 2.25. The summed E-state index contributed by atoms with van der Waals surface area (Å²) in [7, 11) is 3.52. The van der Waals surface area contributed by atoms with Gasteiger partial charge in [-0.3, -0.25) is 9.69 Å². The number of hydrogen-bond donors (Lipinski definition) is 1. The van der Waals surface area contributed by atoms with Crippen LogP contribution in [0.5, 0.6) is 5.75 Å². The molecule has 24 heavy (non-hydrogen) atoms. The summed E-state index contributed by atoms with van der Waals surface area (Å²) in [5.74, 6) is 0.647. The van der Waals surface area contributed by atoms with Crippen molar-refractivity contribution in [3.63, 3.8) is 0 Å². The van der Waals surface area contributed by atoms with Gasteiger partial charge >= 0.3 is 0 Å². The van der Waals surface area contributed by atoms with Gasteiger partial charge in [-0.2, -0.15) is 0 Å². The molecular formula is C18H20Cl2N2O2. The van der Waals surface area contributed by atoms with Crippen molar-refractivity contribution in [2.75, 3.05) is 19.5 Å². The van der Waals surface area contributed by atoms with E-state index in [-0.39, 0.29) is 11.9 Å². The van der Waals surface area contributed by atoms with Gasteiger partial charge in [0.15, 0.2) is 0 Å². The number of likely N-dealkylation sites (N-methyl/N-ethyl adjacent to an activating group) is 1. The van der Waals surface area contributed by atoms with E-state index in [0.717, 1.165) is 11.3 Å². The minimum atomic E-state index is -0.341. The summed E-state index contributed by atoms with van der Waals surface area (Å²) in [5, 5.41) is 3.79. The Morgan fingerprint density at radius 3 is 2.71 bits per heavy atom. The zero-order chi connectivity index (χ0) is 17.7. The van der Waals surface area contributed by atoms with Crippen LogP contribution in [-0.4, -0.2) is 31.0 Å². The third kappa shape index (κ3) is 4.87. The van der Waals surface area contributed by atoms with E-state index in [2.05, 4.69) is 5.32 Å². The fraction of sp³-hybridized carbons (Fsp3) is 0.278. The van der Waals surface area contributed by atoms with Crippen molar-refractivity contribution in [2.24, 2.45) is 0 Å². The molecule has 0 spiro atoms. The van der Waals surface area contributed by atoms with Crippen LogP contribution in [0.3, 0.4) is 0 Å². The second-order valence-corrected chi connectivity index (χ2v) is 6.40. The first-order chi connectivity index (χ1) is 11.4. The van der Waals surface area contributed by atoms with Crippen molar-refractivity contribution in [3.8, 4) is 5.75 Å². The van der Waals surface area contributed by atoms with Gasteiger partial charge in [0.1, 0.15) is 5.75 Å². The lowest BCUT2D eigenvalue weighted by molar-refractivity contribution is -0.120. The number of hydrogen-bond acceptors (Lipinski definition) is 3. The van der Waals surface area contributed by atoms with Crippen molar-refractivity contribution in [1.29, 1.82) is 0 Å². The highest BCUT2D eigenvalue weighted by atomic mass is 35.5. The molecule has 128 valence electrons. The average molecular weight is 367 g/mol. The molecule has 0 saturated carbocycles. The summed E-state index contributed by atoms with van der Waals surface area (Å²) < 4.78 is 5.22. The Morgan fingerprint density at radius 1 is 1.25 bits per heavy atom. The van der Waals surface area contributed by atoms with Crippen LogP contribution in [0.1, 0.15) is 12.5 Å². The maximum atomic E-state index is 12.5. The summed E-state index contributed by atoms with van der Waals surface area (Å²) in [6.45, 7) is 2.46. The number of halogens is 2. The smallest absolute Gasteiger partial charge is 0.241 e. The Balaban J connectivity index is 2.02. The van der Waals surface area contributed by atoms with Crippen LogP contribution in [0, 0.1) is 0 Å². The lowest BCUT2D eigenvalue weighted by Crippen LogP contribution is -2.39. The Hall–Kier alpha value is -1.75. The number of nitrogens with zero attached hydrogens (tertiary/aromatic N) is 1. The number of anilines is 1. The Labute approximate surface area is 152 Å². The van der Waals surface area contributed by atoms with E-state index in [1.54, 1.807) is 25.3 Å². The lowest BCUT2D eigenvalue weighted by atomic mass is 10.1. The number of carbonyl (C=O) groups is 1. The van der Waals surface area contributed by atoms with Gasteiger partial charge in [0, 0.05) is 11.6 Å². The zero-order valence-corrected chi connectivity index (χ0v) is 15.4. The number of carbonyl (C=O) groups excluding carboxylic acids is 1. The summed E-state index contributed by atoms with van der Waals surface area (Å²) in [4.78, 5) is 14.4. The number of benzene rings is 2. The Bertz CT molecular complexity index is 722. The molecule has 2 aromatic rings. The van der Waals surface area contributed by atoms with Crippen molar-refractivity contribution in [3.05, 3.63) is 58.1 Å². The van der Waals surface area contributed by atoms with E-state index in [4.69, 9.17) is 27.9 Å². The molecule has 0 aromatic heterocycles. The third-order valence-electron chi connectivity index (χ3n) is 3.79. The normalized spacial score (nSPS) is 12.1. The van der Waals surface area contributed by atoms with Gasteiger partial charge in [0.2, 0.25) is 5.91 Å². The summed E-state index contributed by atoms with van der Waals surface area (Å²) >= 11 is 12.0. The van der Waals surface area contributed by atoms with E-state index in [0.29, 0.717) is 22.3 Å². The zero-order valence-electron chi connectivity index (χ0n) is 13.8. The molecule has 0 aliphatic carbocycles. The van der Waals surface area contributed by atoms with E-state index >= 15 is 0 Å². The second kappa shape index (κ2) is 8.38. The molecule has 0 heterocycles. The largest absolute Gasteiger partial charge is 0.497 e. The van der Waals surface area contributed by atoms with Crippen LogP contribution in [0.15, 0.2) is 42.5 Å². The molecule has 0 fully saturated rings. The SMILES string of the molecule is COc1cccc(CN(C)[C@H](C)C(=O)Nc2cc(Cl)ccc2Cl)c1. The monoisotopic (exact) mass is 366 g/mol. The number of amides is 1. The van der Waals surface area contributed by atoms with Gasteiger partial charge in [-0.25, -0.2) is 0 Å². The molecule has 4 nitrogen and oxygen atoms in total. The second-order valence-electron chi connectivity index (χ2n) is 5.56. The van der Waals surface area contributed by atoms with Crippen molar-refractivity contribution in [2.45, 2.75) is 19.5 Å². The van der Waals surface area contributed by atoms with Crippen molar-refractivity contribution in [1.82, 2.24) is 4.90 Å². The van der Waals surface area contributed by atoms with Crippen LogP contribution in [0.2, 0.25) is 10.0 Å². The molecule has 0 aliphatic rings. The molecular weight excluding hydrogens is 347 g/mol. The molecule has 0 saturated heterocycles. The average Bonchev–Trinajstić information content (AvgIpc) is 2.57. The standard InChI is InChI=1S/C18H20Cl2N2O2/c1-12(18(23)21-17-10-14(19)7-8-16(17)20)22(2)11-13-5-4-6-15(9-13)24-3/h4-10,12H,11H2,1-3H3,(H,21,23)/t12-/m1/s1. The lowest BCUT2D eigenvalue weighted by Gasteiger charge is -2.24. The predicted octanol–water partition coefficient (Wildman–Crippen LogP) is 4.46. The van der Waals surface area contributed by atoms with Crippen LogP contribution >= 0.6 is 23.2 Å². The summed E-state index contributed by atoms with van der Waals surface area (Å²) in [6, 6.07) is 12.4. The first kappa shape index (κ1) is 18.6. The van der Waals surface area contributed by atoms with Gasteiger partial charge < -0.3 is 10.1 Å². The predicted molar refractivity (Wildman–Crippen MR) is 99.0 cm³/mol. The quantitative estimate of drug-likeness (QED) is 0.820. The van der Waals surface area contributed by atoms with Gasteiger partial charge in [0.05, 0.1) is 23.9 Å². The number of methoxy groups -OCH3 is 1. The van der Waals surface area contributed by atoms with E-state index in [1.807, 2.05) is 43.1 Å². The maximum absolute atomic E-state index is 12.5. The Morgan fingerprint density at radius 2 is 2.00 bits per heavy atom. The maximum Gasteiger partial charge on any atom is 0.241 e. The highest BCUT2D eigenvalue weighted by Gasteiger charge is 2.19. The van der Waals surface area contributed by atoms with Gasteiger partial charge in [-0.1, -0.05) is 35.3 Å². The van der Waals surface area contributed by atoms with Crippen molar-refractivity contribution < 1.29 is 9.53 Å². The Kier molecular flexibility index (Phi) is 6.49. The molecule has 0 aliphatic heterocycles. The number of rotatable bonds is 6. The van der Waals surface area contributed by atoms with Crippen molar-refractivity contribution >= 4 is 34.8 Å². The fourth-order valence-corrected chi connectivity index (χ4v) is 2.56. The molecule has 6 heteroatoms. The number of nitrogens with one attached hydrogen (secondary N) is 1.